The number of anilines is 1. The Bertz CT molecular complexity index is 438. The Labute approximate surface area is 113 Å². The van der Waals surface area contributed by atoms with Gasteiger partial charge in [0.1, 0.15) is 11.6 Å². The van der Waals surface area contributed by atoms with Crippen molar-refractivity contribution in [1.29, 1.82) is 0 Å². The highest BCUT2D eigenvalue weighted by Gasteiger charge is 2.08. The number of amides is 1. The van der Waals surface area contributed by atoms with Crippen molar-refractivity contribution in [2.45, 2.75) is 12.8 Å². The van der Waals surface area contributed by atoms with Gasteiger partial charge in [-0.15, -0.1) is 0 Å². The fraction of sp³-hybridized carbons (Fsp3) is 0.417. The summed E-state index contributed by atoms with van der Waals surface area (Å²) in [5.41, 5.74) is 0.223. The van der Waals surface area contributed by atoms with Gasteiger partial charge in [0.05, 0.1) is 10.2 Å². The lowest BCUT2D eigenvalue weighted by atomic mass is 10.2. The van der Waals surface area contributed by atoms with Gasteiger partial charge in [-0.2, -0.15) is 0 Å². The van der Waals surface area contributed by atoms with E-state index < -0.39 is 11.6 Å². The van der Waals surface area contributed by atoms with Crippen molar-refractivity contribution >= 4 is 27.5 Å². The van der Waals surface area contributed by atoms with Crippen LogP contribution >= 0.6 is 15.9 Å². The van der Waals surface area contributed by atoms with Gasteiger partial charge in [0, 0.05) is 33.1 Å². The van der Waals surface area contributed by atoms with E-state index in [0.717, 1.165) is 6.07 Å². The summed E-state index contributed by atoms with van der Waals surface area (Å²) in [5.74, 6) is -1.26. The molecule has 0 saturated heterocycles. The number of rotatable bonds is 5. The van der Waals surface area contributed by atoms with Crippen molar-refractivity contribution in [2.24, 2.45) is 0 Å². The molecule has 0 fully saturated rings. The van der Waals surface area contributed by atoms with Crippen molar-refractivity contribution in [2.75, 3.05) is 26.0 Å². The van der Waals surface area contributed by atoms with E-state index >= 15 is 0 Å². The third kappa shape index (κ3) is 4.25. The van der Waals surface area contributed by atoms with Gasteiger partial charge in [-0.25, -0.2) is 8.78 Å². The molecule has 0 radical (unpaired) electrons. The molecule has 3 nitrogen and oxygen atoms in total. The van der Waals surface area contributed by atoms with Gasteiger partial charge in [0.15, 0.2) is 0 Å². The first-order chi connectivity index (χ1) is 8.41. The first-order valence-electron chi connectivity index (χ1n) is 5.50. The highest BCUT2D eigenvalue weighted by molar-refractivity contribution is 9.10. The third-order valence-electron chi connectivity index (χ3n) is 2.39. The first-order valence-corrected chi connectivity index (χ1v) is 6.29. The molecule has 0 aliphatic rings. The Kier molecular flexibility index (Phi) is 5.53. The standard InChI is InChI=1S/C12H15BrF2N2O/c1-17(2)12(18)4-3-5-16-11-6-8(13)9(14)7-10(11)15/h6-7,16H,3-5H2,1-2H3. The van der Waals surface area contributed by atoms with Gasteiger partial charge in [-0.3, -0.25) is 4.79 Å². The topological polar surface area (TPSA) is 32.3 Å². The number of nitrogens with zero attached hydrogens (tertiary/aromatic N) is 1. The number of hydrogen-bond donors (Lipinski definition) is 1. The molecule has 1 N–H and O–H groups in total. The summed E-state index contributed by atoms with van der Waals surface area (Å²) >= 11 is 2.99. The lowest BCUT2D eigenvalue weighted by Gasteiger charge is -2.11. The highest BCUT2D eigenvalue weighted by atomic mass is 79.9. The van der Waals surface area contributed by atoms with Crippen molar-refractivity contribution in [3.05, 3.63) is 28.2 Å². The largest absolute Gasteiger partial charge is 0.383 e. The maximum absolute atomic E-state index is 13.3. The Balaban J connectivity index is 2.45. The van der Waals surface area contributed by atoms with Crippen LogP contribution in [0.3, 0.4) is 0 Å². The maximum Gasteiger partial charge on any atom is 0.222 e. The van der Waals surface area contributed by atoms with Crippen LogP contribution in [0.25, 0.3) is 0 Å². The van der Waals surface area contributed by atoms with Crippen molar-refractivity contribution in [3.63, 3.8) is 0 Å². The fourth-order valence-electron chi connectivity index (χ4n) is 1.34. The molecule has 100 valence electrons. The number of hydrogen-bond acceptors (Lipinski definition) is 2. The Morgan fingerprint density at radius 2 is 2.00 bits per heavy atom. The smallest absolute Gasteiger partial charge is 0.222 e. The number of carbonyl (C=O) groups excluding carboxylic acids is 1. The molecule has 1 aromatic carbocycles. The van der Waals surface area contributed by atoms with Crippen LogP contribution in [0.4, 0.5) is 14.5 Å². The molecule has 0 aliphatic carbocycles. The summed E-state index contributed by atoms with van der Waals surface area (Å²) in [5, 5.41) is 2.83. The molecule has 0 bridgehead atoms. The zero-order chi connectivity index (χ0) is 13.7. The van der Waals surface area contributed by atoms with E-state index in [0.29, 0.717) is 19.4 Å². The molecule has 0 spiro atoms. The molecule has 1 aromatic rings. The first kappa shape index (κ1) is 14.9. The highest BCUT2D eigenvalue weighted by Crippen LogP contribution is 2.23. The Morgan fingerprint density at radius 3 is 2.61 bits per heavy atom. The third-order valence-corrected chi connectivity index (χ3v) is 3.00. The monoisotopic (exact) mass is 320 g/mol. The molecule has 1 rings (SSSR count). The number of benzene rings is 1. The van der Waals surface area contributed by atoms with E-state index in [1.54, 1.807) is 14.1 Å². The summed E-state index contributed by atoms with van der Waals surface area (Å²) in [6.45, 7) is 0.453. The van der Waals surface area contributed by atoms with Gasteiger partial charge < -0.3 is 10.2 Å². The van der Waals surface area contributed by atoms with E-state index in [2.05, 4.69) is 21.2 Å². The van der Waals surface area contributed by atoms with Gasteiger partial charge >= 0.3 is 0 Å². The average molecular weight is 321 g/mol. The van der Waals surface area contributed by atoms with E-state index in [-0.39, 0.29) is 16.1 Å². The molecule has 6 heteroatoms. The average Bonchev–Trinajstić information content (AvgIpc) is 2.30. The van der Waals surface area contributed by atoms with Crippen LogP contribution < -0.4 is 5.32 Å². The summed E-state index contributed by atoms with van der Waals surface area (Å²) < 4.78 is 26.5. The van der Waals surface area contributed by atoms with Crippen molar-refractivity contribution in [1.82, 2.24) is 4.90 Å². The molecule has 0 unspecified atom stereocenters. The summed E-state index contributed by atoms with van der Waals surface area (Å²) in [6.07, 6.45) is 0.982. The van der Waals surface area contributed by atoms with Crippen LogP contribution in [-0.4, -0.2) is 31.4 Å². The minimum atomic E-state index is -0.644. The maximum atomic E-state index is 13.3. The van der Waals surface area contributed by atoms with E-state index in [9.17, 15) is 13.6 Å². The molecule has 0 aromatic heterocycles. The van der Waals surface area contributed by atoms with Crippen LogP contribution in [0.1, 0.15) is 12.8 Å². The second-order valence-electron chi connectivity index (χ2n) is 4.06. The molecule has 0 saturated carbocycles. The van der Waals surface area contributed by atoms with Crippen molar-refractivity contribution < 1.29 is 13.6 Å². The Morgan fingerprint density at radius 1 is 1.33 bits per heavy atom. The van der Waals surface area contributed by atoms with Crippen molar-refractivity contribution in [3.8, 4) is 0 Å². The molecule has 0 heterocycles. The normalized spacial score (nSPS) is 10.3. The quantitative estimate of drug-likeness (QED) is 0.668. The molecular weight excluding hydrogens is 306 g/mol. The Hall–Kier alpha value is -1.17. The molecule has 1 amide bonds. The molecular formula is C12H15BrF2N2O. The zero-order valence-electron chi connectivity index (χ0n) is 10.3. The van der Waals surface area contributed by atoms with Gasteiger partial charge in [0.25, 0.3) is 0 Å². The minimum absolute atomic E-state index is 0.0255. The lowest BCUT2D eigenvalue weighted by Crippen LogP contribution is -2.22. The van der Waals surface area contributed by atoms with Crippen LogP contribution in [0.5, 0.6) is 0 Å². The molecule has 0 aliphatic heterocycles. The minimum Gasteiger partial charge on any atom is -0.383 e. The summed E-state index contributed by atoms with van der Waals surface area (Å²) in [7, 11) is 3.37. The number of carbonyl (C=O) groups is 1. The van der Waals surface area contributed by atoms with Gasteiger partial charge in [-0.05, 0) is 28.4 Å². The second kappa shape index (κ2) is 6.68. The van der Waals surface area contributed by atoms with E-state index in [4.69, 9.17) is 0 Å². The van der Waals surface area contributed by atoms with Crippen LogP contribution in [0.2, 0.25) is 0 Å². The predicted molar refractivity (Wildman–Crippen MR) is 70.5 cm³/mol. The summed E-state index contributed by atoms with van der Waals surface area (Å²) in [6, 6.07) is 2.16. The van der Waals surface area contributed by atoms with Crippen LogP contribution in [0, 0.1) is 11.6 Å². The van der Waals surface area contributed by atoms with Crippen LogP contribution in [0.15, 0.2) is 16.6 Å². The SMILES string of the molecule is CN(C)C(=O)CCCNc1cc(Br)c(F)cc1F. The number of nitrogens with one attached hydrogen (secondary N) is 1. The van der Waals surface area contributed by atoms with E-state index in [1.165, 1.54) is 11.0 Å². The van der Waals surface area contributed by atoms with Crippen LogP contribution in [-0.2, 0) is 4.79 Å². The zero-order valence-corrected chi connectivity index (χ0v) is 11.9. The van der Waals surface area contributed by atoms with Gasteiger partial charge in [-0.1, -0.05) is 0 Å². The second-order valence-corrected chi connectivity index (χ2v) is 4.92. The lowest BCUT2D eigenvalue weighted by molar-refractivity contribution is -0.128. The predicted octanol–water partition coefficient (Wildman–Crippen LogP) is 3.01. The van der Waals surface area contributed by atoms with E-state index in [1.807, 2.05) is 0 Å². The molecule has 0 atom stereocenters. The van der Waals surface area contributed by atoms with Gasteiger partial charge in [0.2, 0.25) is 5.91 Å². The molecule has 18 heavy (non-hydrogen) atoms. The fourth-order valence-corrected chi connectivity index (χ4v) is 1.69. The number of halogens is 3. The summed E-state index contributed by atoms with van der Waals surface area (Å²) in [4.78, 5) is 12.8.